The van der Waals surface area contributed by atoms with Crippen molar-refractivity contribution in [1.82, 2.24) is 9.55 Å². The molecule has 1 aromatic heterocycles. The van der Waals surface area contributed by atoms with Gasteiger partial charge in [0.2, 0.25) is 5.82 Å². The van der Waals surface area contributed by atoms with Crippen LogP contribution in [0.4, 0.5) is 4.39 Å². The van der Waals surface area contributed by atoms with Gasteiger partial charge >= 0.3 is 5.69 Å². The first-order valence-electron chi connectivity index (χ1n) is 3.53. The highest BCUT2D eigenvalue weighted by molar-refractivity contribution is 4.88. The van der Waals surface area contributed by atoms with Gasteiger partial charge in [0.25, 0.3) is 5.56 Å². The zero-order chi connectivity index (χ0) is 9.30. The Hall–Kier alpha value is -1.39. The number of aromatic amines is 1. The van der Waals surface area contributed by atoms with Gasteiger partial charge in [0.05, 0.1) is 6.20 Å². The number of hydrogen-bond donors (Lipinski definition) is 1. The largest absolute Gasteiger partial charge is 0.328 e. The average Bonchev–Trinajstić information content (AvgIpc) is 1.96. The Bertz CT molecular complexity index is 391. The molecule has 0 saturated carbocycles. The Kier molecular flexibility index (Phi) is 2.12. The number of H-pyrrole nitrogens is 1. The van der Waals surface area contributed by atoms with Crippen molar-refractivity contribution in [2.24, 2.45) is 0 Å². The third-order valence-corrected chi connectivity index (χ3v) is 1.48. The van der Waals surface area contributed by atoms with E-state index in [-0.39, 0.29) is 6.04 Å². The number of rotatable bonds is 1. The molecule has 0 fully saturated rings. The Morgan fingerprint density at radius 3 is 2.58 bits per heavy atom. The quantitative estimate of drug-likeness (QED) is 0.660. The molecule has 0 radical (unpaired) electrons. The third kappa shape index (κ3) is 1.44. The van der Waals surface area contributed by atoms with Crippen molar-refractivity contribution in [1.29, 1.82) is 0 Å². The van der Waals surface area contributed by atoms with Gasteiger partial charge in [0.15, 0.2) is 0 Å². The van der Waals surface area contributed by atoms with E-state index in [0.717, 1.165) is 10.8 Å². The third-order valence-electron chi connectivity index (χ3n) is 1.48. The number of halogens is 1. The van der Waals surface area contributed by atoms with Crippen LogP contribution in [0.15, 0.2) is 15.8 Å². The molecule has 0 amide bonds. The molecule has 0 bridgehead atoms. The molecule has 0 atom stereocenters. The van der Waals surface area contributed by atoms with Gasteiger partial charge in [-0.15, -0.1) is 0 Å². The first-order valence-corrected chi connectivity index (χ1v) is 3.53. The van der Waals surface area contributed by atoms with Crippen LogP contribution in [0.25, 0.3) is 0 Å². The van der Waals surface area contributed by atoms with Gasteiger partial charge in [-0.2, -0.15) is 4.39 Å². The van der Waals surface area contributed by atoms with E-state index in [1.54, 1.807) is 13.8 Å². The fraction of sp³-hybridized carbons (Fsp3) is 0.429. The minimum absolute atomic E-state index is 0.163. The molecule has 0 spiro atoms. The summed E-state index contributed by atoms with van der Waals surface area (Å²) in [5, 5.41) is 0. The summed E-state index contributed by atoms with van der Waals surface area (Å²) in [4.78, 5) is 23.4. The molecule has 1 aromatic rings. The minimum Gasteiger partial charge on any atom is -0.295 e. The summed E-state index contributed by atoms with van der Waals surface area (Å²) in [7, 11) is 0. The van der Waals surface area contributed by atoms with Gasteiger partial charge < -0.3 is 0 Å². The van der Waals surface area contributed by atoms with Crippen LogP contribution in [-0.2, 0) is 0 Å². The van der Waals surface area contributed by atoms with Crippen LogP contribution < -0.4 is 11.2 Å². The molecule has 5 heteroatoms. The van der Waals surface area contributed by atoms with Crippen LogP contribution in [0.5, 0.6) is 0 Å². The number of nitrogens with one attached hydrogen (secondary N) is 1. The van der Waals surface area contributed by atoms with E-state index >= 15 is 0 Å². The van der Waals surface area contributed by atoms with Crippen LogP contribution in [-0.4, -0.2) is 9.55 Å². The highest BCUT2D eigenvalue weighted by Crippen LogP contribution is 1.97. The average molecular weight is 172 g/mol. The van der Waals surface area contributed by atoms with Crippen molar-refractivity contribution >= 4 is 0 Å². The Morgan fingerprint density at radius 1 is 1.50 bits per heavy atom. The van der Waals surface area contributed by atoms with E-state index in [2.05, 4.69) is 0 Å². The molecular weight excluding hydrogens is 163 g/mol. The van der Waals surface area contributed by atoms with Gasteiger partial charge in [0, 0.05) is 6.04 Å². The molecule has 1 N–H and O–H groups in total. The highest BCUT2D eigenvalue weighted by atomic mass is 19.1. The van der Waals surface area contributed by atoms with Crippen molar-refractivity contribution in [2.75, 3.05) is 0 Å². The molecule has 1 heterocycles. The molecule has 0 aliphatic rings. The van der Waals surface area contributed by atoms with E-state index < -0.39 is 17.1 Å². The summed E-state index contributed by atoms with van der Waals surface area (Å²) in [6.07, 6.45) is 0.909. The Morgan fingerprint density at radius 2 is 2.08 bits per heavy atom. The molecule has 66 valence electrons. The molecule has 1 rings (SSSR count). The van der Waals surface area contributed by atoms with E-state index in [4.69, 9.17) is 0 Å². The van der Waals surface area contributed by atoms with Gasteiger partial charge in [-0.1, -0.05) is 0 Å². The first-order chi connectivity index (χ1) is 5.52. The molecule has 0 aliphatic carbocycles. The standard InChI is InChI=1S/C7H9FN2O2/c1-4(2)10-3-5(8)6(11)9-7(10)12/h3-4H,1-2H3,(H,9,11,12). The van der Waals surface area contributed by atoms with Crippen LogP contribution in [0.3, 0.4) is 0 Å². The summed E-state index contributed by atoms with van der Waals surface area (Å²) in [6.45, 7) is 3.44. The monoisotopic (exact) mass is 172 g/mol. The maximum atomic E-state index is 12.6. The molecule has 4 nitrogen and oxygen atoms in total. The normalized spacial score (nSPS) is 10.7. The van der Waals surface area contributed by atoms with Crippen molar-refractivity contribution in [3.63, 3.8) is 0 Å². The maximum Gasteiger partial charge on any atom is 0.328 e. The predicted molar refractivity (Wildman–Crippen MR) is 41.7 cm³/mol. The topological polar surface area (TPSA) is 54.9 Å². The summed E-state index contributed by atoms with van der Waals surface area (Å²) in [6, 6.07) is -0.163. The smallest absolute Gasteiger partial charge is 0.295 e. The molecular formula is C7H9FN2O2. The Balaban J connectivity index is 3.44. The second-order valence-corrected chi connectivity index (χ2v) is 2.74. The second-order valence-electron chi connectivity index (χ2n) is 2.74. The highest BCUT2D eigenvalue weighted by Gasteiger charge is 2.05. The lowest BCUT2D eigenvalue weighted by molar-refractivity contribution is 0.511. The van der Waals surface area contributed by atoms with Gasteiger partial charge in [-0.25, -0.2) is 4.79 Å². The van der Waals surface area contributed by atoms with Gasteiger partial charge in [-0.05, 0) is 13.8 Å². The minimum atomic E-state index is -0.975. The zero-order valence-corrected chi connectivity index (χ0v) is 6.80. The second kappa shape index (κ2) is 2.92. The van der Waals surface area contributed by atoms with E-state index in [0.29, 0.717) is 0 Å². The molecule has 0 aromatic carbocycles. The van der Waals surface area contributed by atoms with Crippen LogP contribution in [0.2, 0.25) is 0 Å². The van der Waals surface area contributed by atoms with Crippen LogP contribution in [0, 0.1) is 5.82 Å². The van der Waals surface area contributed by atoms with Crippen LogP contribution in [0.1, 0.15) is 19.9 Å². The van der Waals surface area contributed by atoms with Crippen molar-refractivity contribution < 1.29 is 4.39 Å². The van der Waals surface area contributed by atoms with Gasteiger partial charge in [0.1, 0.15) is 0 Å². The fourth-order valence-corrected chi connectivity index (χ4v) is 0.844. The molecule has 12 heavy (non-hydrogen) atoms. The molecule has 0 saturated heterocycles. The molecule has 0 aliphatic heterocycles. The maximum absolute atomic E-state index is 12.6. The van der Waals surface area contributed by atoms with Crippen molar-refractivity contribution in [3.8, 4) is 0 Å². The molecule has 0 unspecified atom stereocenters. The van der Waals surface area contributed by atoms with E-state index in [1.807, 2.05) is 4.98 Å². The first kappa shape index (κ1) is 8.70. The summed E-state index contributed by atoms with van der Waals surface area (Å²) in [5.41, 5.74) is -1.56. The summed E-state index contributed by atoms with van der Waals surface area (Å²) >= 11 is 0. The lowest BCUT2D eigenvalue weighted by Crippen LogP contribution is -2.32. The van der Waals surface area contributed by atoms with E-state index in [1.165, 1.54) is 0 Å². The lowest BCUT2D eigenvalue weighted by atomic mass is 10.4. The predicted octanol–water partition coefficient (Wildman–Crippen LogP) is 0.257. The summed E-state index contributed by atoms with van der Waals surface area (Å²) < 4.78 is 13.7. The summed E-state index contributed by atoms with van der Waals surface area (Å²) in [5.74, 6) is -0.941. The number of hydrogen-bond acceptors (Lipinski definition) is 2. The Labute approximate surface area is 67.7 Å². The fourth-order valence-electron chi connectivity index (χ4n) is 0.844. The van der Waals surface area contributed by atoms with Crippen molar-refractivity contribution in [2.45, 2.75) is 19.9 Å². The number of nitrogens with zero attached hydrogens (tertiary/aromatic N) is 1. The van der Waals surface area contributed by atoms with Crippen molar-refractivity contribution in [3.05, 3.63) is 32.9 Å². The van der Waals surface area contributed by atoms with Gasteiger partial charge in [-0.3, -0.25) is 14.3 Å². The zero-order valence-electron chi connectivity index (χ0n) is 6.80. The van der Waals surface area contributed by atoms with E-state index in [9.17, 15) is 14.0 Å². The number of aromatic nitrogens is 2. The van der Waals surface area contributed by atoms with Crippen LogP contribution >= 0.6 is 0 Å². The SMILES string of the molecule is CC(C)n1cc(F)c(=O)[nH]c1=O. The lowest BCUT2D eigenvalue weighted by Gasteiger charge is -2.07.